The quantitative estimate of drug-likeness (QED) is 0.742. The molecule has 0 aromatic carbocycles. The largest absolute Gasteiger partial charge is 0.525 e. The minimum Gasteiger partial charge on any atom is -0.381 e. The van der Waals surface area contributed by atoms with Crippen LogP contribution in [0, 0.1) is 11.3 Å². The zero-order valence-electron chi connectivity index (χ0n) is 6.97. The first kappa shape index (κ1) is 11.3. The Morgan fingerprint density at radius 3 is 2.60 bits per heavy atom. The standard InChI is InChI=1S/C6H4F4N4O/c7-4(15-6(8,9)10)3-2(1-11)5(12)14-13-3/h4H,(H3,12,13,14). The first-order chi connectivity index (χ1) is 6.85. The molecular weight excluding hydrogens is 220 g/mol. The number of hydrogen-bond acceptors (Lipinski definition) is 4. The van der Waals surface area contributed by atoms with Gasteiger partial charge in [-0.1, -0.05) is 0 Å². The summed E-state index contributed by atoms with van der Waals surface area (Å²) in [4.78, 5) is 0. The molecule has 0 aliphatic carbocycles. The van der Waals surface area contributed by atoms with Gasteiger partial charge in [-0.05, 0) is 0 Å². The lowest BCUT2D eigenvalue weighted by Gasteiger charge is -2.10. The number of halogens is 4. The van der Waals surface area contributed by atoms with Crippen LogP contribution in [-0.2, 0) is 4.74 Å². The van der Waals surface area contributed by atoms with Crippen molar-refractivity contribution in [1.29, 1.82) is 5.26 Å². The van der Waals surface area contributed by atoms with Crippen LogP contribution in [0.3, 0.4) is 0 Å². The Morgan fingerprint density at radius 2 is 2.13 bits per heavy atom. The Kier molecular flexibility index (Phi) is 2.81. The van der Waals surface area contributed by atoms with Crippen LogP contribution in [0.2, 0.25) is 0 Å². The van der Waals surface area contributed by atoms with Crippen LogP contribution in [0.15, 0.2) is 0 Å². The van der Waals surface area contributed by atoms with Crippen molar-refractivity contribution in [2.24, 2.45) is 0 Å². The van der Waals surface area contributed by atoms with E-state index in [4.69, 9.17) is 11.0 Å². The highest BCUT2D eigenvalue weighted by molar-refractivity contribution is 5.51. The topological polar surface area (TPSA) is 87.7 Å². The predicted molar refractivity (Wildman–Crippen MR) is 38.7 cm³/mol. The maximum atomic E-state index is 12.9. The fourth-order valence-electron chi connectivity index (χ4n) is 0.828. The maximum absolute atomic E-state index is 12.9. The van der Waals surface area contributed by atoms with Gasteiger partial charge in [-0.3, -0.25) is 9.84 Å². The van der Waals surface area contributed by atoms with E-state index in [0.29, 0.717) is 0 Å². The SMILES string of the molecule is N#Cc1c(N)n[nH]c1C(F)OC(F)(F)F. The molecule has 0 radical (unpaired) electrons. The molecule has 1 atom stereocenters. The van der Waals surface area contributed by atoms with Gasteiger partial charge in [0.05, 0.1) is 0 Å². The molecule has 9 heteroatoms. The van der Waals surface area contributed by atoms with Crippen molar-refractivity contribution < 1.29 is 22.3 Å². The zero-order valence-corrected chi connectivity index (χ0v) is 6.97. The molecule has 0 aliphatic heterocycles. The fourth-order valence-corrected chi connectivity index (χ4v) is 0.828. The lowest BCUT2D eigenvalue weighted by atomic mass is 10.2. The van der Waals surface area contributed by atoms with E-state index in [0.717, 1.165) is 0 Å². The number of nitrogens with zero attached hydrogens (tertiary/aromatic N) is 2. The highest BCUT2D eigenvalue weighted by atomic mass is 19.4. The summed E-state index contributed by atoms with van der Waals surface area (Å²) in [5, 5.41) is 13.5. The molecule has 15 heavy (non-hydrogen) atoms. The summed E-state index contributed by atoms with van der Waals surface area (Å²) < 4.78 is 50.8. The van der Waals surface area contributed by atoms with Gasteiger partial charge in [0.25, 0.3) is 6.36 Å². The Balaban J connectivity index is 2.93. The molecule has 0 bridgehead atoms. The van der Waals surface area contributed by atoms with Gasteiger partial charge in [-0.15, -0.1) is 13.2 Å². The number of anilines is 1. The van der Waals surface area contributed by atoms with Gasteiger partial charge in [0, 0.05) is 0 Å². The molecule has 0 aliphatic rings. The average molecular weight is 224 g/mol. The molecule has 0 fully saturated rings. The number of aromatic amines is 1. The van der Waals surface area contributed by atoms with Gasteiger partial charge in [-0.2, -0.15) is 10.4 Å². The van der Waals surface area contributed by atoms with E-state index in [1.165, 1.54) is 6.07 Å². The molecule has 0 saturated heterocycles. The van der Waals surface area contributed by atoms with Crippen LogP contribution in [0.1, 0.15) is 17.6 Å². The number of rotatable bonds is 2. The number of nitrogens with one attached hydrogen (secondary N) is 1. The molecule has 82 valence electrons. The lowest BCUT2D eigenvalue weighted by Crippen LogP contribution is -2.16. The van der Waals surface area contributed by atoms with E-state index in [1.54, 1.807) is 0 Å². The third-order valence-electron chi connectivity index (χ3n) is 1.40. The van der Waals surface area contributed by atoms with Gasteiger partial charge in [-0.25, -0.2) is 4.39 Å². The molecule has 1 unspecified atom stereocenters. The molecular formula is C6H4F4N4O. The van der Waals surface area contributed by atoms with Gasteiger partial charge >= 0.3 is 6.36 Å². The summed E-state index contributed by atoms with van der Waals surface area (Å²) in [5.74, 6) is -0.388. The molecule has 3 N–H and O–H groups in total. The van der Waals surface area contributed by atoms with Crippen LogP contribution < -0.4 is 5.73 Å². The molecule has 5 nitrogen and oxygen atoms in total. The minimum atomic E-state index is -5.15. The predicted octanol–water partition coefficient (Wildman–Crippen LogP) is 1.37. The zero-order chi connectivity index (χ0) is 11.6. The molecule has 0 amide bonds. The number of nitrogen functional groups attached to an aromatic ring is 1. The third kappa shape index (κ3) is 2.57. The lowest BCUT2D eigenvalue weighted by molar-refractivity contribution is -0.363. The van der Waals surface area contributed by atoms with Gasteiger partial charge in [0.2, 0.25) is 0 Å². The first-order valence-electron chi connectivity index (χ1n) is 3.47. The third-order valence-corrected chi connectivity index (χ3v) is 1.40. The summed E-state index contributed by atoms with van der Waals surface area (Å²) in [7, 11) is 0. The summed E-state index contributed by atoms with van der Waals surface area (Å²) in [6.07, 6.45) is -8.00. The van der Waals surface area contributed by atoms with Crippen molar-refractivity contribution in [2.45, 2.75) is 12.7 Å². The second-order valence-corrected chi connectivity index (χ2v) is 2.39. The smallest absolute Gasteiger partial charge is 0.381 e. The molecule has 0 saturated carbocycles. The van der Waals surface area contributed by atoms with Crippen molar-refractivity contribution in [3.63, 3.8) is 0 Å². The molecule has 1 aromatic heterocycles. The summed E-state index contributed by atoms with van der Waals surface area (Å²) in [6.45, 7) is 0. The average Bonchev–Trinajstić information content (AvgIpc) is 2.43. The monoisotopic (exact) mass is 224 g/mol. The Hall–Kier alpha value is -1.82. The number of nitriles is 1. The van der Waals surface area contributed by atoms with Crippen LogP contribution >= 0.6 is 0 Å². The second-order valence-electron chi connectivity index (χ2n) is 2.39. The van der Waals surface area contributed by atoms with E-state index in [9.17, 15) is 17.6 Å². The van der Waals surface area contributed by atoms with Crippen LogP contribution in [0.5, 0.6) is 0 Å². The van der Waals surface area contributed by atoms with Crippen LogP contribution in [-0.4, -0.2) is 16.6 Å². The van der Waals surface area contributed by atoms with E-state index in [-0.39, 0.29) is 5.82 Å². The van der Waals surface area contributed by atoms with Crippen molar-refractivity contribution in [2.75, 3.05) is 5.73 Å². The Bertz CT molecular complexity index is 393. The Morgan fingerprint density at radius 1 is 1.53 bits per heavy atom. The fraction of sp³-hybridized carbons (Fsp3) is 0.333. The van der Waals surface area contributed by atoms with Gasteiger partial charge in [0.1, 0.15) is 17.3 Å². The Labute approximate surface area is 80.4 Å². The number of nitrogens with two attached hydrogens (primary N) is 1. The molecule has 1 rings (SSSR count). The normalized spacial score (nSPS) is 13.5. The molecule has 1 aromatic rings. The number of H-pyrrole nitrogens is 1. The molecule has 0 spiro atoms. The van der Waals surface area contributed by atoms with Crippen molar-refractivity contribution in [3.8, 4) is 6.07 Å². The van der Waals surface area contributed by atoms with Crippen molar-refractivity contribution in [1.82, 2.24) is 10.2 Å². The van der Waals surface area contributed by atoms with Crippen molar-refractivity contribution >= 4 is 5.82 Å². The second kappa shape index (κ2) is 3.74. The molecule has 1 heterocycles. The van der Waals surface area contributed by atoms with Gasteiger partial charge in [0.15, 0.2) is 5.82 Å². The van der Waals surface area contributed by atoms with Crippen LogP contribution in [0.25, 0.3) is 0 Å². The minimum absolute atomic E-state index is 0.388. The highest BCUT2D eigenvalue weighted by Crippen LogP contribution is 2.30. The summed E-state index contributed by atoms with van der Waals surface area (Å²) in [6, 6.07) is 1.40. The number of alkyl halides is 4. The number of aromatic nitrogens is 2. The van der Waals surface area contributed by atoms with Crippen LogP contribution in [0.4, 0.5) is 23.4 Å². The van der Waals surface area contributed by atoms with Gasteiger partial charge < -0.3 is 5.73 Å². The summed E-state index contributed by atoms with van der Waals surface area (Å²) >= 11 is 0. The first-order valence-corrected chi connectivity index (χ1v) is 3.47. The summed E-state index contributed by atoms with van der Waals surface area (Å²) in [5.41, 5.74) is 3.82. The van der Waals surface area contributed by atoms with E-state index < -0.39 is 24.0 Å². The van der Waals surface area contributed by atoms with Crippen molar-refractivity contribution in [3.05, 3.63) is 11.3 Å². The van der Waals surface area contributed by atoms with E-state index >= 15 is 0 Å². The van der Waals surface area contributed by atoms with E-state index in [1.807, 2.05) is 5.10 Å². The maximum Gasteiger partial charge on any atom is 0.525 e. The number of hydrogen-bond donors (Lipinski definition) is 2. The van der Waals surface area contributed by atoms with E-state index in [2.05, 4.69) is 9.84 Å². The number of ether oxygens (including phenoxy) is 1. The highest BCUT2D eigenvalue weighted by Gasteiger charge is 2.36.